The summed E-state index contributed by atoms with van der Waals surface area (Å²) in [5, 5.41) is 9.60. The highest BCUT2D eigenvalue weighted by Crippen LogP contribution is 2.77. The molecule has 1 N–H and O–H groups in total. The first-order valence-corrected chi connectivity index (χ1v) is 5.73. The number of aliphatic hydroxyl groups is 1. The van der Waals surface area contributed by atoms with E-state index in [1.165, 1.54) is 25.7 Å². The Kier molecular flexibility index (Phi) is 1.36. The lowest BCUT2D eigenvalue weighted by molar-refractivity contribution is -0.00399. The fourth-order valence-electron chi connectivity index (χ4n) is 4.87. The molecule has 0 heterocycles. The van der Waals surface area contributed by atoms with Gasteiger partial charge in [0.05, 0.1) is 0 Å². The first-order chi connectivity index (χ1) is 6.12. The van der Waals surface area contributed by atoms with Gasteiger partial charge in [0.25, 0.3) is 0 Å². The van der Waals surface area contributed by atoms with Crippen LogP contribution >= 0.6 is 0 Å². The van der Waals surface area contributed by atoms with Crippen molar-refractivity contribution in [1.82, 2.24) is 0 Å². The molecule has 4 aliphatic carbocycles. The maximum Gasteiger partial charge on any atom is 0.0490 e. The van der Waals surface area contributed by atoms with Crippen LogP contribution in [0.2, 0.25) is 0 Å². The summed E-state index contributed by atoms with van der Waals surface area (Å²) in [6.07, 6.45) is 5.40. The lowest BCUT2D eigenvalue weighted by atomic mass is 9.61. The summed E-state index contributed by atoms with van der Waals surface area (Å²) in [4.78, 5) is 0. The van der Waals surface area contributed by atoms with Gasteiger partial charge in [0.2, 0.25) is 0 Å². The molecule has 0 spiro atoms. The Morgan fingerprint density at radius 3 is 2.31 bits per heavy atom. The molecular formula is C12H20O. The molecule has 0 aromatic carbocycles. The van der Waals surface area contributed by atoms with E-state index in [1.54, 1.807) is 0 Å². The van der Waals surface area contributed by atoms with Gasteiger partial charge in [-0.3, -0.25) is 0 Å². The summed E-state index contributed by atoms with van der Waals surface area (Å²) in [5.41, 5.74) is 0.906. The van der Waals surface area contributed by atoms with Crippen LogP contribution in [-0.2, 0) is 0 Å². The van der Waals surface area contributed by atoms with Crippen LogP contribution in [0.3, 0.4) is 0 Å². The fraction of sp³-hybridized carbons (Fsp3) is 1.00. The third kappa shape index (κ3) is 0.782. The Labute approximate surface area is 80.5 Å². The van der Waals surface area contributed by atoms with Gasteiger partial charge in [-0.05, 0) is 54.3 Å². The van der Waals surface area contributed by atoms with Crippen LogP contribution in [0.5, 0.6) is 0 Å². The van der Waals surface area contributed by atoms with E-state index >= 15 is 0 Å². The van der Waals surface area contributed by atoms with Gasteiger partial charge in [-0.1, -0.05) is 13.8 Å². The fourth-order valence-corrected chi connectivity index (χ4v) is 4.87. The molecule has 0 aromatic heterocycles. The number of aliphatic hydroxyl groups excluding tert-OH is 1. The molecule has 4 fully saturated rings. The zero-order valence-electron chi connectivity index (χ0n) is 8.71. The standard InChI is InChI=1S/C12H20O/c1-11(2)9-8-3-5-12(7-13,6-4-8)10(9)11/h8-10,13H,3-7H2,1-2H3/t8?,9-,10+,12?/m0/s1. The molecule has 4 saturated carbocycles. The number of hydrogen-bond donors (Lipinski definition) is 1. The molecule has 4 aliphatic rings. The number of rotatable bonds is 1. The maximum atomic E-state index is 9.60. The first kappa shape index (κ1) is 8.28. The minimum atomic E-state index is 0.350. The minimum absolute atomic E-state index is 0.350. The molecule has 0 aliphatic heterocycles. The molecule has 0 unspecified atom stereocenters. The highest BCUT2D eigenvalue weighted by atomic mass is 16.3. The Bertz CT molecular complexity index is 236. The molecule has 0 amide bonds. The molecular weight excluding hydrogens is 160 g/mol. The van der Waals surface area contributed by atoms with Crippen molar-refractivity contribution in [3.63, 3.8) is 0 Å². The predicted octanol–water partition coefficient (Wildman–Crippen LogP) is 2.44. The summed E-state index contributed by atoms with van der Waals surface area (Å²) in [7, 11) is 0. The van der Waals surface area contributed by atoms with Crippen molar-refractivity contribution >= 4 is 0 Å². The lowest BCUT2D eigenvalue weighted by Gasteiger charge is -2.45. The van der Waals surface area contributed by atoms with E-state index in [1.807, 2.05) is 0 Å². The van der Waals surface area contributed by atoms with Gasteiger partial charge in [0, 0.05) is 6.61 Å². The van der Waals surface area contributed by atoms with Crippen molar-refractivity contribution in [1.29, 1.82) is 0 Å². The summed E-state index contributed by atoms with van der Waals surface area (Å²) in [6, 6.07) is 0. The zero-order chi connectivity index (χ0) is 9.27. The van der Waals surface area contributed by atoms with Crippen LogP contribution in [0.1, 0.15) is 39.5 Å². The van der Waals surface area contributed by atoms with Crippen molar-refractivity contribution < 1.29 is 5.11 Å². The van der Waals surface area contributed by atoms with Crippen molar-refractivity contribution in [3.8, 4) is 0 Å². The van der Waals surface area contributed by atoms with E-state index in [4.69, 9.17) is 0 Å². The molecule has 4 rings (SSSR count). The number of hydrogen-bond acceptors (Lipinski definition) is 1. The van der Waals surface area contributed by atoms with E-state index in [9.17, 15) is 5.11 Å². The Morgan fingerprint density at radius 1 is 1.23 bits per heavy atom. The third-order valence-electron chi connectivity index (χ3n) is 5.42. The van der Waals surface area contributed by atoms with Gasteiger partial charge in [-0.15, -0.1) is 0 Å². The van der Waals surface area contributed by atoms with Gasteiger partial charge in [0.1, 0.15) is 0 Å². The molecule has 13 heavy (non-hydrogen) atoms. The molecule has 2 atom stereocenters. The van der Waals surface area contributed by atoms with Crippen LogP contribution in [0, 0.1) is 28.6 Å². The first-order valence-electron chi connectivity index (χ1n) is 5.73. The molecule has 74 valence electrons. The van der Waals surface area contributed by atoms with Crippen LogP contribution in [0.15, 0.2) is 0 Å². The molecule has 2 bridgehead atoms. The lowest BCUT2D eigenvalue weighted by Crippen LogP contribution is -2.39. The Morgan fingerprint density at radius 2 is 1.85 bits per heavy atom. The number of fused-ring (bicyclic) bond motifs is 2. The molecule has 0 saturated heterocycles. The van der Waals surface area contributed by atoms with E-state index in [2.05, 4.69) is 13.8 Å². The van der Waals surface area contributed by atoms with E-state index < -0.39 is 0 Å². The van der Waals surface area contributed by atoms with Crippen molar-refractivity contribution in [3.05, 3.63) is 0 Å². The predicted molar refractivity (Wildman–Crippen MR) is 52.2 cm³/mol. The maximum absolute atomic E-state index is 9.60. The van der Waals surface area contributed by atoms with E-state index in [0.717, 1.165) is 17.8 Å². The van der Waals surface area contributed by atoms with Crippen LogP contribution in [0.4, 0.5) is 0 Å². The Hall–Kier alpha value is -0.0400. The normalized spacial score (nSPS) is 56.1. The monoisotopic (exact) mass is 180 g/mol. The van der Waals surface area contributed by atoms with Crippen molar-refractivity contribution in [2.45, 2.75) is 39.5 Å². The third-order valence-corrected chi connectivity index (χ3v) is 5.42. The SMILES string of the molecule is CC1(C)[C@H]2C3CCC(CO)(CC3)[C@H]21. The van der Waals surface area contributed by atoms with Crippen LogP contribution in [0.25, 0.3) is 0 Å². The smallest absolute Gasteiger partial charge is 0.0490 e. The van der Waals surface area contributed by atoms with Gasteiger partial charge in [-0.25, -0.2) is 0 Å². The zero-order valence-corrected chi connectivity index (χ0v) is 8.71. The quantitative estimate of drug-likeness (QED) is 0.657. The van der Waals surface area contributed by atoms with Crippen LogP contribution < -0.4 is 0 Å². The van der Waals surface area contributed by atoms with Crippen LogP contribution in [-0.4, -0.2) is 11.7 Å². The summed E-state index contributed by atoms with van der Waals surface area (Å²) < 4.78 is 0. The highest BCUT2D eigenvalue weighted by molar-refractivity contribution is 5.20. The Balaban J connectivity index is 1.98. The topological polar surface area (TPSA) is 20.2 Å². The average molecular weight is 180 g/mol. The largest absolute Gasteiger partial charge is 0.396 e. The second kappa shape index (κ2) is 2.13. The van der Waals surface area contributed by atoms with E-state index in [0.29, 0.717) is 17.4 Å². The van der Waals surface area contributed by atoms with Gasteiger partial charge >= 0.3 is 0 Å². The van der Waals surface area contributed by atoms with Crippen molar-refractivity contribution in [2.24, 2.45) is 28.6 Å². The molecule has 0 aromatic rings. The molecule has 1 heteroatoms. The van der Waals surface area contributed by atoms with E-state index in [-0.39, 0.29) is 0 Å². The minimum Gasteiger partial charge on any atom is -0.396 e. The second-order valence-electron chi connectivity index (χ2n) is 6.18. The molecule has 1 nitrogen and oxygen atoms in total. The van der Waals surface area contributed by atoms with Crippen molar-refractivity contribution in [2.75, 3.05) is 6.61 Å². The van der Waals surface area contributed by atoms with Gasteiger partial charge < -0.3 is 5.11 Å². The van der Waals surface area contributed by atoms with Gasteiger partial charge in [-0.2, -0.15) is 0 Å². The summed E-state index contributed by atoms with van der Waals surface area (Å²) in [5.74, 6) is 2.83. The second-order valence-corrected chi connectivity index (χ2v) is 6.18. The summed E-state index contributed by atoms with van der Waals surface area (Å²) >= 11 is 0. The highest BCUT2D eigenvalue weighted by Gasteiger charge is 2.72. The molecule has 0 radical (unpaired) electrons. The summed E-state index contributed by atoms with van der Waals surface area (Å²) in [6.45, 7) is 5.27. The van der Waals surface area contributed by atoms with Gasteiger partial charge in [0.15, 0.2) is 0 Å². The average Bonchev–Trinajstić information content (AvgIpc) is 2.76.